The van der Waals surface area contributed by atoms with Crippen LogP contribution < -0.4 is 5.32 Å². The molecule has 0 N–H and O–H groups in total. The average Bonchev–Trinajstić information content (AvgIpc) is 2.51. The molecule has 0 amide bonds. The maximum Gasteiger partial charge on any atom is 0.107 e. The number of hydrogen-bond acceptors (Lipinski definition) is 1. The molecule has 0 fully saturated rings. The van der Waals surface area contributed by atoms with Crippen molar-refractivity contribution in [3.8, 4) is 0 Å². The highest BCUT2D eigenvalue weighted by molar-refractivity contribution is 6.89. The summed E-state index contributed by atoms with van der Waals surface area (Å²) >= 11 is 0. The van der Waals surface area contributed by atoms with Gasteiger partial charge in [0.2, 0.25) is 0 Å². The van der Waals surface area contributed by atoms with Crippen molar-refractivity contribution in [1.82, 2.24) is 9.78 Å². The SMILES string of the molecule is CCC[Si](C)(C)c1ccn(C(C)C)n1. The summed E-state index contributed by atoms with van der Waals surface area (Å²) in [6, 6.07) is 4.03. The number of hydrogen-bond donors (Lipinski definition) is 0. The van der Waals surface area contributed by atoms with Crippen molar-refractivity contribution in [2.45, 2.75) is 52.4 Å². The Labute approximate surface area is 88.3 Å². The summed E-state index contributed by atoms with van der Waals surface area (Å²) in [5.74, 6) is 0. The zero-order valence-corrected chi connectivity index (χ0v) is 11.0. The molecule has 2 nitrogen and oxygen atoms in total. The molecule has 0 spiro atoms. The van der Waals surface area contributed by atoms with Gasteiger partial charge >= 0.3 is 0 Å². The van der Waals surface area contributed by atoms with Crippen LogP contribution in [0.3, 0.4) is 0 Å². The number of aromatic nitrogens is 2. The maximum absolute atomic E-state index is 4.68. The van der Waals surface area contributed by atoms with Crippen molar-refractivity contribution in [2.24, 2.45) is 0 Å². The minimum absolute atomic E-state index is 0.482. The lowest BCUT2D eigenvalue weighted by molar-refractivity contribution is 0.535. The van der Waals surface area contributed by atoms with E-state index in [0.29, 0.717) is 6.04 Å². The molecule has 0 aromatic carbocycles. The van der Waals surface area contributed by atoms with E-state index in [1.54, 1.807) is 0 Å². The second-order valence-corrected chi connectivity index (χ2v) is 9.69. The summed E-state index contributed by atoms with van der Waals surface area (Å²) in [6.45, 7) is 11.4. The van der Waals surface area contributed by atoms with Crippen LogP contribution in [0.25, 0.3) is 0 Å². The van der Waals surface area contributed by atoms with Gasteiger partial charge in [-0.15, -0.1) is 0 Å². The lowest BCUT2D eigenvalue weighted by Gasteiger charge is -2.18. The standard InChI is InChI=1S/C11H22N2Si/c1-6-9-14(4,5)11-7-8-13(12-11)10(2)3/h7-8,10H,6,9H2,1-5H3. The van der Waals surface area contributed by atoms with Crippen LogP contribution in [0.1, 0.15) is 33.2 Å². The molecule has 80 valence electrons. The van der Waals surface area contributed by atoms with Gasteiger partial charge in [0.1, 0.15) is 8.07 Å². The maximum atomic E-state index is 4.68. The van der Waals surface area contributed by atoms with Crippen LogP contribution >= 0.6 is 0 Å². The van der Waals surface area contributed by atoms with Crippen LogP contribution in [0.15, 0.2) is 12.3 Å². The molecule has 14 heavy (non-hydrogen) atoms. The van der Waals surface area contributed by atoms with E-state index in [1.807, 2.05) is 0 Å². The van der Waals surface area contributed by atoms with Gasteiger partial charge in [0.25, 0.3) is 0 Å². The third-order valence-corrected chi connectivity index (χ3v) is 6.11. The monoisotopic (exact) mass is 210 g/mol. The Kier molecular flexibility index (Phi) is 3.53. The Morgan fingerprint density at radius 3 is 2.50 bits per heavy atom. The molecule has 0 aliphatic rings. The van der Waals surface area contributed by atoms with Crippen LogP contribution in [-0.2, 0) is 0 Å². The van der Waals surface area contributed by atoms with Gasteiger partial charge in [0, 0.05) is 17.6 Å². The summed E-state index contributed by atoms with van der Waals surface area (Å²) in [7, 11) is -1.24. The third-order valence-electron chi connectivity index (χ3n) is 2.71. The largest absolute Gasteiger partial charge is 0.270 e. The fourth-order valence-corrected chi connectivity index (χ4v) is 4.16. The van der Waals surface area contributed by atoms with Gasteiger partial charge in [-0.05, 0) is 19.9 Å². The molecular formula is C11H22N2Si. The van der Waals surface area contributed by atoms with E-state index >= 15 is 0 Å². The van der Waals surface area contributed by atoms with Crippen LogP contribution in [0, 0.1) is 0 Å². The first-order chi connectivity index (χ1) is 6.47. The second-order valence-electron chi connectivity index (χ2n) is 4.91. The molecule has 0 bridgehead atoms. The molecule has 1 aromatic rings. The van der Waals surface area contributed by atoms with Crippen LogP contribution in [0.5, 0.6) is 0 Å². The fourth-order valence-electron chi connectivity index (χ4n) is 1.74. The van der Waals surface area contributed by atoms with Gasteiger partial charge in [-0.25, -0.2) is 0 Å². The minimum atomic E-state index is -1.24. The normalized spacial score (nSPS) is 12.4. The van der Waals surface area contributed by atoms with E-state index in [1.165, 1.54) is 17.8 Å². The predicted molar refractivity (Wildman–Crippen MR) is 64.8 cm³/mol. The lowest BCUT2D eigenvalue weighted by atomic mass is 10.4. The average molecular weight is 210 g/mol. The first-order valence-electron chi connectivity index (χ1n) is 5.53. The topological polar surface area (TPSA) is 17.8 Å². The summed E-state index contributed by atoms with van der Waals surface area (Å²) in [4.78, 5) is 0. The van der Waals surface area contributed by atoms with Crippen molar-refractivity contribution in [1.29, 1.82) is 0 Å². The fraction of sp³-hybridized carbons (Fsp3) is 0.727. The number of rotatable bonds is 4. The van der Waals surface area contributed by atoms with Crippen LogP contribution in [0.2, 0.25) is 19.1 Å². The van der Waals surface area contributed by atoms with E-state index in [9.17, 15) is 0 Å². The zero-order valence-electron chi connectivity index (χ0n) is 10.0. The number of nitrogens with zero attached hydrogens (tertiary/aromatic N) is 2. The van der Waals surface area contributed by atoms with Gasteiger partial charge in [-0.3, -0.25) is 4.68 Å². The molecule has 1 rings (SSSR count). The van der Waals surface area contributed by atoms with Gasteiger partial charge in [0.15, 0.2) is 0 Å². The molecular weight excluding hydrogens is 188 g/mol. The summed E-state index contributed by atoms with van der Waals surface area (Å²) in [5, 5.41) is 6.03. The van der Waals surface area contributed by atoms with E-state index < -0.39 is 8.07 Å². The molecule has 1 heterocycles. The van der Waals surface area contributed by atoms with Crippen molar-refractivity contribution in [2.75, 3.05) is 0 Å². The Balaban J connectivity index is 2.85. The highest BCUT2D eigenvalue weighted by atomic mass is 28.3. The highest BCUT2D eigenvalue weighted by Gasteiger charge is 2.25. The molecule has 0 radical (unpaired) electrons. The van der Waals surface area contributed by atoms with Gasteiger partial charge in [-0.2, -0.15) is 5.10 Å². The van der Waals surface area contributed by atoms with Gasteiger partial charge in [0.05, 0.1) is 0 Å². The molecule has 0 aliphatic carbocycles. The van der Waals surface area contributed by atoms with Gasteiger partial charge in [-0.1, -0.05) is 32.5 Å². The Hall–Kier alpha value is -0.573. The van der Waals surface area contributed by atoms with Crippen LogP contribution in [-0.4, -0.2) is 17.9 Å². The molecule has 0 saturated heterocycles. The molecule has 0 aliphatic heterocycles. The summed E-state index contributed by atoms with van der Waals surface area (Å²) in [5.41, 5.74) is 0. The van der Waals surface area contributed by atoms with Crippen LogP contribution in [0.4, 0.5) is 0 Å². The lowest BCUT2D eigenvalue weighted by Crippen LogP contribution is -2.42. The first kappa shape index (κ1) is 11.5. The predicted octanol–water partition coefficient (Wildman–Crippen LogP) is 2.79. The quantitative estimate of drug-likeness (QED) is 0.699. The van der Waals surface area contributed by atoms with Crippen molar-refractivity contribution < 1.29 is 0 Å². The molecule has 0 atom stereocenters. The second kappa shape index (κ2) is 4.30. The smallest absolute Gasteiger partial charge is 0.107 e. The minimum Gasteiger partial charge on any atom is -0.270 e. The van der Waals surface area contributed by atoms with E-state index in [-0.39, 0.29) is 0 Å². The third kappa shape index (κ3) is 2.47. The highest BCUT2D eigenvalue weighted by Crippen LogP contribution is 2.11. The zero-order chi connectivity index (χ0) is 10.8. The Bertz CT molecular complexity index is 289. The Morgan fingerprint density at radius 2 is 2.07 bits per heavy atom. The van der Waals surface area contributed by atoms with E-state index in [4.69, 9.17) is 0 Å². The molecule has 3 heteroatoms. The van der Waals surface area contributed by atoms with E-state index in [0.717, 1.165) is 0 Å². The van der Waals surface area contributed by atoms with E-state index in [2.05, 4.69) is 55.9 Å². The van der Waals surface area contributed by atoms with Crippen molar-refractivity contribution >= 4 is 13.4 Å². The first-order valence-corrected chi connectivity index (χ1v) is 8.73. The Morgan fingerprint density at radius 1 is 1.43 bits per heavy atom. The van der Waals surface area contributed by atoms with Crippen molar-refractivity contribution in [3.05, 3.63) is 12.3 Å². The summed E-state index contributed by atoms with van der Waals surface area (Å²) < 4.78 is 2.07. The van der Waals surface area contributed by atoms with Crippen molar-refractivity contribution in [3.63, 3.8) is 0 Å². The molecule has 1 aromatic heterocycles. The molecule has 0 unspecified atom stereocenters. The van der Waals surface area contributed by atoms with Gasteiger partial charge < -0.3 is 0 Å². The summed E-state index contributed by atoms with van der Waals surface area (Å²) in [6.07, 6.45) is 3.39. The molecule has 0 saturated carbocycles.